The number of carboxylic acids is 1. The van der Waals surface area contributed by atoms with Gasteiger partial charge in [0.15, 0.2) is 17.4 Å². The van der Waals surface area contributed by atoms with Gasteiger partial charge in [0, 0.05) is 71.8 Å². The van der Waals surface area contributed by atoms with Crippen LogP contribution in [0.5, 0.6) is 11.5 Å². The lowest BCUT2D eigenvalue weighted by molar-refractivity contribution is -0.0659. The third kappa shape index (κ3) is 8.43. The Morgan fingerprint density at radius 2 is 1.81 bits per heavy atom. The monoisotopic (exact) mass is 952 g/mol. The van der Waals surface area contributed by atoms with Gasteiger partial charge in [-0.15, -0.1) is 0 Å². The van der Waals surface area contributed by atoms with E-state index in [-0.39, 0.29) is 41.1 Å². The molecule has 358 valence electrons. The van der Waals surface area contributed by atoms with Gasteiger partial charge in [-0.2, -0.15) is 4.98 Å². The second kappa shape index (κ2) is 18.4. The van der Waals surface area contributed by atoms with E-state index in [2.05, 4.69) is 73.2 Å². The van der Waals surface area contributed by atoms with Crippen LogP contribution in [0, 0.1) is 0 Å². The van der Waals surface area contributed by atoms with Gasteiger partial charge in [0.05, 0.1) is 18.2 Å². The quantitative estimate of drug-likeness (QED) is 0.0470. The highest BCUT2D eigenvalue weighted by molar-refractivity contribution is 7.47. The fourth-order valence-electron chi connectivity index (χ4n) is 10.3. The molecule has 10 rings (SSSR count). The average Bonchev–Trinajstić information content (AvgIpc) is 3.84. The molecule has 5 aliphatic rings. The van der Waals surface area contributed by atoms with Crippen LogP contribution in [0.4, 0.5) is 17.6 Å². The van der Waals surface area contributed by atoms with Gasteiger partial charge in [0.2, 0.25) is 17.3 Å². The molecular formula is C47H55N9O11P+. The maximum absolute atomic E-state index is 13.8. The molecule has 0 spiro atoms. The first-order chi connectivity index (χ1) is 32.8. The molecule has 0 saturated carbocycles. The van der Waals surface area contributed by atoms with Gasteiger partial charge in [-0.05, 0) is 87.4 Å². The zero-order valence-corrected chi connectivity index (χ0v) is 38.7. The highest BCUT2D eigenvalue weighted by Crippen LogP contribution is 2.53. The van der Waals surface area contributed by atoms with Crippen molar-refractivity contribution in [1.82, 2.24) is 29.4 Å². The number of hydrogen-bond donors (Lipinski definition) is 7. The summed E-state index contributed by atoms with van der Waals surface area (Å²) >= 11 is 0. The summed E-state index contributed by atoms with van der Waals surface area (Å²) in [5.41, 5.74) is 11.2. The van der Waals surface area contributed by atoms with Crippen molar-refractivity contribution in [2.24, 2.45) is 0 Å². The smallest absolute Gasteiger partial charge is 0.472 e. The molecule has 0 aliphatic carbocycles. The number of ether oxygens (including phenoxy) is 2. The number of aryl methyl sites for hydroxylation is 2. The van der Waals surface area contributed by atoms with Gasteiger partial charge in [-0.25, -0.2) is 18.9 Å². The zero-order valence-electron chi connectivity index (χ0n) is 37.8. The number of aromatic carboxylic acids is 1. The number of amides is 1. The van der Waals surface area contributed by atoms with E-state index in [1.54, 1.807) is 12.1 Å². The molecule has 1 amide bonds. The zero-order chi connectivity index (χ0) is 47.4. The number of H-pyrrole nitrogens is 1. The molecular weight excluding hydrogens is 898 g/mol. The number of nitrogens with two attached hydrogens (primary N) is 1. The molecule has 0 radical (unpaired) electrons. The molecule has 2 aromatic heterocycles. The van der Waals surface area contributed by atoms with E-state index in [0.717, 1.165) is 92.1 Å². The first-order valence-corrected chi connectivity index (χ1v) is 24.9. The lowest BCUT2D eigenvalue weighted by atomic mass is 9.85. The van der Waals surface area contributed by atoms with Crippen LogP contribution in [0.3, 0.4) is 0 Å². The minimum absolute atomic E-state index is 0.0370. The van der Waals surface area contributed by atoms with E-state index in [4.69, 9.17) is 24.3 Å². The number of carbonyl (C=O) groups is 2. The number of benzene rings is 3. The van der Waals surface area contributed by atoms with Gasteiger partial charge < -0.3 is 45.8 Å². The highest BCUT2D eigenvalue weighted by atomic mass is 31.2. The molecule has 3 aromatic carbocycles. The number of carbonyl (C=O) groups excluding carboxylic acids is 1. The van der Waals surface area contributed by atoms with E-state index in [0.29, 0.717) is 48.6 Å². The summed E-state index contributed by atoms with van der Waals surface area (Å²) in [6, 6.07) is 13.3. The molecule has 21 heteroatoms. The molecule has 68 heavy (non-hydrogen) atoms. The Morgan fingerprint density at radius 1 is 1.00 bits per heavy atom. The van der Waals surface area contributed by atoms with Crippen LogP contribution < -0.4 is 46.7 Å². The summed E-state index contributed by atoms with van der Waals surface area (Å²) in [6.07, 6.45) is 1.96. The number of aliphatic hydroxyl groups is 1. The lowest BCUT2D eigenvalue weighted by Crippen LogP contribution is -2.39. The van der Waals surface area contributed by atoms with Gasteiger partial charge in [-0.1, -0.05) is 12.8 Å². The number of unbranched alkanes of at least 4 members (excludes halogenated alkanes) is 3. The second-order valence-corrected chi connectivity index (χ2v) is 19.2. The van der Waals surface area contributed by atoms with Crippen LogP contribution in [0.1, 0.15) is 102 Å². The normalized spacial score (nSPS) is 22.7. The van der Waals surface area contributed by atoms with Crippen LogP contribution >= 0.6 is 7.82 Å². The van der Waals surface area contributed by atoms with E-state index in [1.807, 2.05) is 0 Å². The van der Waals surface area contributed by atoms with Crippen LogP contribution in [0.25, 0.3) is 16.7 Å². The molecule has 7 heterocycles. The van der Waals surface area contributed by atoms with E-state index in [1.165, 1.54) is 21.8 Å². The minimum Gasteiger partial charge on any atom is -0.478 e. The maximum Gasteiger partial charge on any atom is 0.472 e. The Morgan fingerprint density at radius 3 is 2.60 bits per heavy atom. The van der Waals surface area contributed by atoms with Crippen molar-refractivity contribution < 1.29 is 47.8 Å². The largest absolute Gasteiger partial charge is 0.478 e. The average molecular weight is 953 g/mol. The van der Waals surface area contributed by atoms with Crippen LogP contribution in [0.2, 0.25) is 0 Å². The Hall–Kier alpha value is -6.15. The number of nitrogen functional groups attached to an aromatic ring is 1. The summed E-state index contributed by atoms with van der Waals surface area (Å²) in [6.45, 7) is 8.40. The topological polar surface area (TPSA) is 269 Å². The van der Waals surface area contributed by atoms with Crippen molar-refractivity contribution >= 4 is 54.0 Å². The molecule has 5 atom stereocenters. The van der Waals surface area contributed by atoms with Gasteiger partial charge in [0.25, 0.3) is 11.5 Å². The van der Waals surface area contributed by atoms with Crippen LogP contribution in [-0.4, -0.2) is 111 Å². The first kappa shape index (κ1) is 45.6. The summed E-state index contributed by atoms with van der Waals surface area (Å²) in [7, 11) is -4.39. The number of nitrogens with one attached hydrogen (secondary N) is 3. The third-order valence-electron chi connectivity index (χ3n) is 13.6. The molecule has 5 aromatic rings. The van der Waals surface area contributed by atoms with Crippen LogP contribution in [-0.2, 0) is 31.2 Å². The van der Waals surface area contributed by atoms with Gasteiger partial charge >= 0.3 is 13.8 Å². The fraction of sp³-hybridized carbons (Fsp3) is 0.447. The summed E-state index contributed by atoms with van der Waals surface area (Å²) < 4.78 is 38.6. The molecule has 8 N–H and O–H groups in total. The van der Waals surface area contributed by atoms with Crippen molar-refractivity contribution in [2.45, 2.75) is 89.8 Å². The predicted octanol–water partition coefficient (Wildman–Crippen LogP) is 3.16. The molecule has 20 nitrogen and oxygen atoms in total. The molecule has 2 fully saturated rings. The number of carboxylic acid groups (broad SMARTS) is 1. The Bertz CT molecular complexity index is 3100. The number of nitrogens with zero attached hydrogens (tertiary/aromatic N) is 5. The summed E-state index contributed by atoms with van der Waals surface area (Å²) in [5, 5.41) is 30.0. The van der Waals surface area contributed by atoms with Crippen molar-refractivity contribution in [1.29, 1.82) is 0 Å². The summed E-state index contributed by atoms with van der Waals surface area (Å²) in [5.74, 6) is -0.0979. The molecule has 0 bridgehead atoms. The number of aliphatic hydroxyl groups excluding tert-OH is 1. The van der Waals surface area contributed by atoms with E-state index in [9.17, 15) is 34.1 Å². The first-order valence-electron chi connectivity index (χ1n) is 23.4. The van der Waals surface area contributed by atoms with E-state index >= 15 is 0 Å². The number of aromatic nitrogens is 4. The maximum atomic E-state index is 13.8. The van der Waals surface area contributed by atoms with E-state index < -0.39 is 43.9 Å². The number of aromatic amines is 1. The van der Waals surface area contributed by atoms with Gasteiger partial charge in [-0.3, -0.25) is 28.2 Å². The molecule has 1 unspecified atom stereocenters. The predicted molar refractivity (Wildman–Crippen MR) is 251 cm³/mol. The number of phosphoric acid groups is 1. The minimum atomic E-state index is -4.39. The number of phosphoric ester groups is 1. The lowest BCUT2D eigenvalue weighted by Gasteiger charge is -2.32. The number of anilines is 3. The van der Waals surface area contributed by atoms with Crippen molar-refractivity contribution in [3.8, 4) is 11.5 Å². The Labute approximate surface area is 390 Å². The number of imidazole rings is 1. The number of hydrogen-bond acceptors (Lipinski definition) is 14. The highest BCUT2D eigenvalue weighted by Gasteiger charge is 2.53. The summed E-state index contributed by atoms with van der Waals surface area (Å²) in [4.78, 5) is 62.9. The second-order valence-electron chi connectivity index (χ2n) is 17.8. The SMILES string of the molecule is CCN1CCCc2cc3c(cc21)Oc1cc2c(cc1=C3c1cc(C(=O)NCCCCCCNc3nc4c(=O)[nH]c(N)nc4n3[C@@H]3O[C@@H]4COP(=O)(O)O[C@H]4[C@H]3O)ccc1C(=O)O)CCC[N+]=2CC. The standard InChI is InChI=1S/C47H54N9O11P/c1-3-54-17-9-11-25-19-30-34(22-32(25)54)65-35-23-33-26(12-10-18-55(33)4-2)20-31(35)37(30)29-21-27(13-14-28(29)45(60)61)42(58)49-15-7-5-6-8-16-50-47-51-38-41(52-46(48)53-43(38)59)56(47)44-39(57)40-36(66-44)24-64-68(62,63)67-40/h13-14,19-23,36,39-40,44,57H,3-12,15-18,24H2,1-2H3,(H6-,48,49,50,51,52,53,58,59,60,61,62,63)/p+1/t36-,39-,40-,44-/m1/s1. The van der Waals surface area contributed by atoms with Crippen molar-refractivity contribution in [3.05, 3.63) is 96.8 Å². The molecule has 5 aliphatic heterocycles. The van der Waals surface area contributed by atoms with Gasteiger partial charge in [0.1, 0.15) is 42.9 Å². The molecule has 2 saturated heterocycles. The number of rotatable bonds is 14. The van der Waals surface area contributed by atoms with Crippen molar-refractivity contribution in [3.63, 3.8) is 0 Å². The van der Waals surface area contributed by atoms with Crippen molar-refractivity contribution in [2.75, 3.05) is 61.8 Å². The van der Waals surface area contributed by atoms with Crippen LogP contribution in [0.15, 0.2) is 47.3 Å². The third-order valence-corrected chi connectivity index (χ3v) is 14.5. The Kier molecular flexibility index (Phi) is 12.3. The Balaban J connectivity index is 0.841. The number of fused-ring (bicyclic) bond motifs is 6. The fourth-order valence-corrected chi connectivity index (χ4v) is 11.2.